The van der Waals surface area contributed by atoms with E-state index in [-0.39, 0.29) is 83.9 Å². The van der Waals surface area contributed by atoms with Crippen molar-refractivity contribution >= 4 is 11.6 Å². The van der Waals surface area contributed by atoms with Crippen molar-refractivity contribution in [2.45, 2.75) is 48.5 Å². The van der Waals surface area contributed by atoms with Crippen molar-refractivity contribution in [2.24, 2.45) is 5.73 Å². The summed E-state index contributed by atoms with van der Waals surface area (Å²) in [7, 11) is 0. The average Bonchev–Trinajstić information content (AvgIpc) is 2.12. The fourth-order valence-corrected chi connectivity index (χ4v) is 0. The molecule has 0 aromatic carbocycles. The van der Waals surface area contributed by atoms with Crippen LogP contribution in [0.3, 0.4) is 0 Å². The van der Waals surface area contributed by atoms with Gasteiger partial charge >= 0.3 is 0 Å². The zero-order valence-corrected chi connectivity index (χ0v) is 14.2. The van der Waals surface area contributed by atoms with Gasteiger partial charge in [0.05, 0.1) is 0 Å². The predicted molar refractivity (Wildman–Crippen MR) is 65.1 cm³/mol. The molecular formula is C9H27N5ORn. The molecule has 0 aliphatic rings. The quantitative estimate of drug-likeness (QED) is 0.390. The van der Waals surface area contributed by atoms with Crippen LogP contribution in [0.25, 0.3) is 0 Å². The number of carbonyl (C=O) groups excluding carboxylic acids is 1. The van der Waals surface area contributed by atoms with Crippen LogP contribution in [0.1, 0.15) is 48.5 Å². The molecule has 0 saturated heterocycles. The van der Waals surface area contributed by atoms with E-state index in [0.717, 1.165) is 0 Å². The molecule has 0 aromatic rings. The molecule has 0 radical (unpaired) electrons. The molecular weight excluding hydrogens is 416 g/mol. The van der Waals surface area contributed by atoms with E-state index in [0.29, 0.717) is 5.71 Å². The summed E-state index contributed by atoms with van der Waals surface area (Å²) in [6.07, 6.45) is 0. The second kappa shape index (κ2) is 76.1. The van der Waals surface area contributed by atoms with E-state index in [1.807, 2.05) is 27.7 Å². The van der Waals surface area contributed by atoms with Gasteiger partial charge in [0, 0.05) is 95.3 Å². The summed E-state index contributed by atoms with van der Waals surface area (Å²) < 4.78 is 0. The molecule has 0 fully saturated rings. The molecule has 0 heterocycles. The number of nitrogens with one attached hydrogen (secondary N) is 1. The number of nitrogens with two attached hydrogens (primary N) is 1. The first-order chi connectivity index (χ1) is 6.46. The molecule has 6 nitrogen and oxygen atoms in total. The number of primary amides is 1. The largest absolute Gasteiger partial charge is 0.370 e. The molecule has 0 rings (SSSR count). The number of carbonyl (C=O) groups is 1. The Hall–Kier alpha value is 0.637. The van der Waals surface area contributed by atoms with E-state index in [1.165, 1.54) is 6.92 Å². The maximum Gasteiger partial charge on any atom is 0.214 e. The van der Waals surface area contributed by atoms with Crippen LogP contribution < -0.4 is 11.9 Å². The van der Waals surface area contributed by atoms with Gasteiger partial charge in [0.25, 0.3) is 0 Å². The van der Waals surface area contributed by atoms with Gasteiger partial charge in [-0.2, -0.15) is 0 Å². The Morgan fingerprint density at radius 1 is 1.00 bits per heavy atom. The van der Waals surface area contributed by atoms with E-state index in [4.69, 9.17) is 16.2 Å². The van der Waals surface area contributed by atoms with Crippen molar-refractivity contribution in [3.05, 3.63) is 0 Å². The number of amides is 1. The first kappa shape index (κ1) is 43.8. The Labute approximate surface area is 162 Å². The molecule has 0 aliphatic heterocycles. The minimum atomic E-state index is -0.333. The summed E-state index contributed by atoms with van der Waals surface area (Å²) in [6.45, 7) is 12.8. The number of hydrogen-bond donors (Lipinski definition) is 3. The van der Waals surface area contributed by atoms with E-state index in [1.54, 1.807) is 13.8 Å². The molecule has 0 saturated carbocycles. The minimum Gasteiger partial charge on any atom is -0.370 e. The molecule has 0 aromatic heterocycles. The fraction of sp³-hybridized carbons (Fsp3) is 0.778. The monoisotopic (exact) mass is 443 g/mol. The van der Waals surface area contributed by atoms with E-state index < -0.39 is 0 Å². The van der Waals surface area contributed by atoms with Crippen LogP contribution in [-0.4, -0.2) is 11.6 Å². The third kappa shape index (κ3) is 6710. The summed E-state index contributed by atoms with van der Waals surface area (Å²) in [5.41, 5.74) is 5.14. The van der Waals surface area contributed by atoms with Gasteiger partial charge in [-0.3, -0.25) is 4.79 Å². The van der Waals surface area contributed by atoms with Crippen molar-refractivity contribution in [3.63, 3.8) is 0 Å². The van der Waals surface area contributed by atoms with Crippen molar-refractivity contribution in [3.8, 4) is 0 Å². The van der Waals surface area contributed by atoms with Crippen LogP contribution in [0.5, 0.6) is 0 Å². The second-order valence-corrected chi connectivity index (χ2v) is 1.61. The Kier molecular flexibility index (Phi) is 208. The molecule has 16 heavy (non-hydrogen) atoms. The third-order valence-corrected chi connectivity index (χ3v) is 0. The molecule has 0 unspecified atom stereocenters. The molecule has 102 valence electrons. The maximum absolute atomic E-state index is 9.22. The number of nitrogens with zero attached hydrogens (tertiary/aromatic N) is 2. The van der Waals surface area contributed by atoms with Gasteiger partial charge in [-0.1, -0.05) is 27.7 Å². The van der Waals surface area contributed by atoms with Crippen molar-refractivity contribution in [1.29, 1.82) is 16.2 Å². The smallest absolute Gasteiger partial charge is 0.214 e. The van der Waals surface area contributed by atoms with Gasteiger partial charge in [0.15, 0.2) is 0 Å². The van der Waals surface area contributed by atoms with Crippen molar-refractivity contribution in [1.82, 2.24) is 6.15 Å². The predicted octanol–water partition coefficient (Wildman–Crippen LogP) is 2.78. The topological polar surface area (TPSA) is 150 Å². The van der Waals surface area contributed by atoms with Gasteiger partial charge in [-0.15, -0.1) is 0 Å². The van der Waals surface area contributed by atoms with Crippen LogP contribution in [0, 0.1) is 88.1 Å². The summed E-state index contributed by atoms with van der Waals surface area (Å²) in [4.78, 5) is 9.22. The average molecular weight is 443 g/mol. The zero-order chi connectivity index (χ0) is 13.2. The Bertz CT molecular complexity index is 108. The first-order valence-corrected chi connectivity index (χ1v) is 4.44. The summed E-state index contributed by atoms with van der Waals surface area (Å²) >= 11 is 0. The van der Waals surface area contributed by atoms with Gasteiger partial charge in [0.2, 0.25) is 5.91 Å². The normalized spacial score (nSPS) is 4.06. The second-order valence-electron chi connectivity index (χ2n) is 1.61. The molecule has 0 bridgehead atoms. The summed E-state index contributed by atoms with van der Waals surface area (Å²) in [6, 6.07) is 0. The zero-order valence-electron chi connectivity index (χ0n) is 11.4. The number of rotatable bonds is 0. The molecule has 1 amide bonds. The van der Waals surface area contributed by atoms with E-state index in [2.05, 4.69) is 5.73 Å². The van der Waals surface area contributed by atoms with E-state index >= 15 is 0 Å². The van der Waals surface area contributed by atoms with Crippen LogP contribution >= 0.6 is 0 Å². The molecule has 0 atom stereocenters. The van der Waals surface area contributed by atoms with E-state index in [9.17, 15) is 4.79 Å². The van der Waals surface area contributed by atoms with Gasteiger partial charge in [-0.05, 0) is 13.8 Å². The summed E-state index contributed by atoms with van der Waals surface area (Å²) in [5, 5.41) is 18.5. The molecule has 7 heteroatoms. The SMILES string of the molecule is CC.CC.CC(C)=N.CC(N)=O.N.N#N.[Rn]. The number of hydrogen-bond acceptors (Lipinski definition) is 5. The van der Waals surface area contributed by atoms with Crippen molar-refractivity contribution < 1.29 is 76.7 Å². The van der Waals surface area contributed by atoms with Gasteiger partial charge < -0.3 is 17.3 Å². The Morgan fingerprint density at radius 3 is 1.00 bits per heavy atom. The first-order valence-electron chi connectivity index (χ1n) is 4.44. The molecule has 6 N–H and O–H groups in total. The van der Waals surface area contributed by atoms with Gasteiger partial charge in [-0.25, -0.2) is 0 Å². The Morgan fingerprint density at radius 2 is 1.00 bits per heavy atom. The fourth-order valence-electron chi connectivity index (χ4n) is 0. The maximum atomic E-state index is 9.22. The Balaban J connectivity index is -0.0000000129. The standard InChI is InChI=1S/C3H7N.C2H5NO.2C2H6.N2.H3N.Rn/c1-3(2)4;1-2(3)4;3*1-2;;/h4H,1-2H3;1H3,(H2,3,4);2*1-2H3;;1H3;. The third-order valence-electron chi connectivity index (χ3n) is 0. The van der Waals surface area contributed by atoms with Crippen LogP contribution in [0.2, 0.25) is 0 Å². The van der Waals surface area contributed by atoms with Gasteiger partial charge in [0.1, 0.15) is 0 Å². The molecule has 0 spiro atoms. The summed E-state index contributed by atoms with van der Waals surface area (Å²) in [5.74, 6) is -0.333. The van der Waals surface area contributed by atoms with Crippen LogP contribution in [0.4, 0.5) is 0 Å². The van der Waals surface area contributed by atoms with Crippen LogP contribution in [-0.2, 0) is 4.79 Å². The molecule has 0 aliphatic carbocycles. The van der Waals surface area contributed by atoms with Crippen molar-refractivity contribution in [2.75, 3.05) is 0 Å². The minimum absolute atomic E-state index is 0. The van der Waals surface area contributed by atoms with Crippen LogP contribution in [0.15, 0.2) is 0 Å².